The summed E-state index contributed by atoms with van der Waals surface area (Å²) >= 11 is 1.56. The first kappa shape index (κ1) is 29.4. The second-order valence-electron chi connectivity index (χ2n) is 11.2. The van der Waals surface area contributed by atoms with Crippen molar-refractivity contribution < 1.29 is 9.53 Å². The maximum Gasteiger partial charge on any atom is 0.225 e. The molecule has 0 saturated carbocycles. The van der Waals surface area contributed by atoms with E-state index in [4.69, 9.17) is 10.5 Å². The van der Waals surface area contributed by atoms with Gasteiger partial charge in [0.1, 0.15) is 11.6 Å². The van der Waals surface area contributed by atoms with Crippen LogP contribution in [0.4, 0.5) is 17.1 Å². The Kier molecular flexibility index (Phi) is 8.91. The fraction of sp³-hybridized carbons (Fsp3) is 0.222. The number of benzene rings is 4. The van der Waals surface area contributed by atoms with Gasteiger partial charge in [0.2, 0.25) is 5.91 Å². The first-order valence-corrected chi connectivity index (χ1v) is 15.8. The maximum absolute atomic E-state index is 13.0. The maximum atomic E-state index is 13.0. The standard InChI is InChI=1S/C36H37N5O2S/c1-24(38-22-28-21-30(13-15-33(28)43-2)40-36(37)34-11-6-18-44-34)19-35(42)39-29-12-14-32-26(20-29)16-17-41(32)23-27-9-5-8-25-7-3-4-10-31(25)27/h3-15,18,20-21,24,38H,16-17,19,22-23H2,1-2H3,(H2,37,40)(H,39,42). The van der Waals surface area contributed by atoms with Crippen molar-refractivity contribution in [1.82, 2.24) is 5.32 Å². The summed E-state index contributed by atoms with van der Waals surface area (Å²) in [6.45, 7) is 4.38. The predicted octanol–water partition coefficient (Wildman–Crippen LogP) is 7.02. The van der Waals surface area contributed by atoms with E-state index in [2.05, 4.69) is 75.1 Å². The van der Waals surface area contributed by atoms with Crippen LogP contribution in [0.15, 0.2) is 101 Å². The number of carbonyl (C=O) groups excluding carboxylic acids is 1. The minimum Gasteiger partial charge on any atom is -0.496 e. The Morgan fingerprint density at radius 3 is 2.73 bits per heavy atom. The lowest BCUT2D eigenvalue weighted by atomic mass is 10.0. The first-order chi connectivity index (χ1) is 21.5. The number of nitrogens with two attached hydrogens (primary N) is 1. The van der Waals surface area contributed by atoms with Crippen LogP contribution in [0.3, 0.4) is 0 Å². The minimum absolute atomic E-state index is 0.0235. The Hall–Kier alpha value is -4.66. The van der Waals surface area contributed by atoms with Crippen LogP contribution in [0, 0.1) is 0 Å². The van der Waals surface area contributed by atoms with Crippen LogP contribution < -0.4 is 26.0 Å². The molecule has 4 aromatic carbocycles. The molecule has 7 nitrogen and oxygen atoms in total. The monoisotopic (exact) mass is 603 g/mol. The van der Waals surface area contributed by atoms with Crippen LogP contribution in [0.5, 0.6) is 5.75 Å². The van der Waals surface area contributed by atoms with Crippen molar-refractivity contribution in [1.29, 1.82) is 0 Å². The SMILES string of the molecule is COc1ccc(N=C(N)c2cccs2)cc1CNC(C)CC(=O)Nc1ccc2c(c1)CCN2Cc1cccc2ccccc12. The Morgan fingerprint density at radius 2 is 1.89 bits per heavy atom. The lowest BCUT2D eigenvalue weighted by Gasteiger charge is -2.21. The molecule has 1 aromatic heterocycles. The molecule has 6 rings (SSSR count). The van der Waals surface area contributed by atoms with E-state index in [1.54, 1.807) is 18.4 Å². The summed E-state index contributed by atoms with van der Waals surface area (Å²) in [4.78, 5) is 20.9. The highest BCUT2D eigenvalue weighted by Crippen LogP contribution is 2.33. The molecule has 0 radical (unpaired) electrons. The third-order valence-electron chi connectivity index (χ3n) is 8.02. The van der Waals surface area contributed by atoms with E-state index in [0.29, 0.717) is 18.8 Å². The molecule has 2 heterocycles. The van der Waals surface area contributed by atoms with E-state index in [9.17, 15) is 4.79 Å². The number of methoxy groups -OCH3 is 1. The molecular weight excluding hydrogens is 566 g/mol. The van der Waals surface area contributed by atoms with Gasteiger partial charge in [0.15, 0.2) is 0 Å². The summed E-state index contributed by atoms with van der Waals surface area (Å²) in [7, 11) is 1.65. The summed E-state index contributed by atoms with van der Waals surface area (Å²) < 4.78 is 5.57. The fourth-order valence-electron chi connectivity index (χ4n) is 5.79. The quantitative estimate of drug-likeness (QED) is 0.112. The van der Waals surface area contributed by atoms with E-state index in [-0.39, 0.29) is 11.9 Å². The van der Waals surface area contributed by atoms with Crippen LogP contribution >= 0.6 is 11.3 Å². The van der Waals surface area contributed by atoms with Crippen molar-refractivity contribution in [2.24, 2.45) is 10.7 Å². The highest BCUT2D eigenvalue weighted by Gasteiger charge is 2.21. The van der Waals surface area contributed by atoms with E-state index in [1.165, 1.54) is 27.6 Å². The number of ether oxygens (including phenoxy) is 1. The number of anilines is 2. The molecule has 1 aliphatic rings. The summed E-state index contributed by atoms with van der Waals surface area (Å²) in [5.41, 5.74) is 12.6. The zero-order valence-corrected chi connectivity index (χ0v) is 25.9. The third-order valence-corrected chi connectivity index (χ3v) is 8.91. The van der Waals surface area contributed by atoms with E-state index < -0.39 is 0 Å². The second kappa shape index (κ2) is 13.3. The normalized spacial score (nSPS) is 13.6. The first-order valence-electron chi connectivity index (χ1n) is 14.9. The number of nitrogens with one attached hydrogen (secondary N) is 2. The van der Waals surface area contributed by atoms with Crippen LogP contribution in [-0.2, 0) is 24.3 Å². The third kappa shape index (κ3) is 6.77. The minimum atomic E-state index is -0.0475. The molecule has 0 aliphatic carbocycles. The van der Waals surface area contributed by atoms with Crippen LogP contribution in [0.1, 0.15) is 34.9 Å². The molecule has 8 heteroatoms. The molecule has 1 aliphatic heterocycles. The number of rotatable bonds is 11. The Balaban J connectivity index is 1.04. The number of hydrogen-bond donors (Lipinski definition) is 3. The number of thiophene rings is 1. The number of amides is 1. The summed E-state index contributed by atoms with van der Waals surface area (Å²) in [6.07, 6.45) is 1.31. The van der Waals surface area contributed by atoms with Gasteiger partial charge in [-0.1, -0.05) is 48.5 Å². The summed E-state index contributed by atoms with van der Waals surface area (Å²) in [6, 6.07) is 30.9. The fourth-order valence-corrected chi connectivity index (χ4v) is 6.41. The molecule has 1 amide bonds. The van der Waals surface area contributed by atoms with E-state index in [0.717, 1.165) is 47.1 Å². The molecule has 1 unspecified atom stereocenters. The number of carbonyl (C=O) groups is 1. The zero-order chi connectivity index (χ0) is 30.5. The Morgan fingerprint density at radius 1 is 1.02 bits per heavy atom. The molecule has 224 valence electrons. The lowest BCUT2D eigenvalue weighted by Crippen LogP contribution is -2.30. The van der Waals surface area contributed by atoms with Gasteiger partial charge in [0, 0.05) is 49.0 Å². The van der Waals surface area contributed by atoms with E-state index in [1.807, 2.05) is 48.7 Å². The largest absolute Gasteiger partial charge is 0.496 e. The van der Waals surface area contributed by atoms with Gasteiger partial charge in [-0.05, 0) is 83.1 Å². The molecule has 1 atom stereocenters. The Bertz CT molecular complexity index is 1790. The molecule has 0 saturated heterocycles. The average molecular weight is 604 g/mol. The highest BCUT2D eigenvalue weighted by atomic mass is 32.1. The van der Waals surface area contributed by atoms with Crippen molar-refractivity contribution in [3.8, 4) is 5.75 Å². The molecule has 44 heavy (non-hydrogen) atoms. The summed E-state index contributed by atoms with van der Waals surface area (Å²) in [5.74, 6) is 1.22. The highest BCUT2D eigenvalue weighted by molar-refractivity contribution is 7.12. The lowest BCUT2D eigenvalue weighted by molar-refractivity contribution is -0.116. The average Bonchev–Trinajstić information content (AvgIpc) is 3.71. The molecule has 0 fully saturated rings. The van der Waals surface area contributed by atoms with E-state index >= 15 is 0 Å². The van der Waals surface area contributed by atoms with Crippen molar-refractivity contribution in [3.05, 3.63) is 118 Å². The van der Waals surface area contributed by atoms with Gasteiger partial charge in [-0.25, -0.2) is 4.99 Å². The number of hydrogen-bond acceptors (Lipinski definition) is 6. The van der Waals surface area contributed by atoms with Crippen molar-refractivity contribution in [3.63, 3.8) is 0 Å². The van der Waals surface area contributed by atoms with Gasteiger partial charge in [-0.3, -0.25) is 4.79 Å². The number of fused-ring (bicyclic) bond motifs is 2. The van der Waals surface area contributed by atoms with Crippen LogP contribution in [0.25, 0.3) is 10.8 Å². The molecule has 0 spiro atoms. The van der Waals surface area contributed by atoms with Gasteiger partial charge < -0.3 is 26.0 Å². The van der Waals surface area contributed by atoms with Crippen LogP contribution in [-0.4, -0.2) is 31.4 Å². The van der Waals surface area contributed by atoms with Gasteiger partial charge in [0.25, 0.3) is 0 Å². The van der Waals surface area contributed by atoms with Crippen molar-refractivity contribution >= 4 is 50.9 Å². The molecule has 4 N–H and O–H groups in total. The Labute approximate surface area is 262 Å². The van der Waals surface area contributed by atoms with Crippen LogP contribution in [0.2, 0.25) is 0 Å². The van der Waals surface area contributed by atoms with Crippen molar-refractivity contribution in [2.45, 2.75) is 38.9 Å². The van der Waals surface area contributed by atoms with Gasteiger partial charge in [-0.15, -0.1) is 11.3 Å². The smallest absolute Gasteiger partial charge is 0.225 e. The zero-order valence-electron chi connectivity index (χ0n) is 25.0. The number of aliphatic imine (C=N–C) groups is 1. The van der Waals surface area contributed by atoms with Gasteiger partial charge in [0.05, 0.1) is 17.7 Å². The van der Waals surface area contributed by atoms with Gasteiger partial charge in [-0.2, -0.15) is 0 Å². The molecule has 0 bridgehead atoms. The second-order valence-corrected chi connectivity index (χ2v) is 12.1. The summed E-state index contributed by atoms with van der Waals surface area (Å²) in [5, 5.41) is 11.1. The number of amidine groups is 1. The number of nitrogens with zero attached hydrogens (tertiary/aromatic N) is 2. The molecular formula is C36H37N5O2S. The topological polar surface area (TPSA) is 92.0 Å². The molecule has 5 aromatic rings. The predicted molar refractivity (Wildman–Crippen MR) is 182 cm³/mol. The van der Waals surface area contributed by atoms with Crippen molar-refractivity contribution in [2.75, 3.05) is 23.9 Å². The van der Waals surface area contributed by atoms with Gasteiger partial charge >= 0.3 is 0 Å².